The molecule has 8 heteroatoms. The average Bonchev–Trinajstić information content (AvgIpc) is 2.26. The van der Waals surface area contributed by atoms with E-state index in [1.54, 1.807) is 6.92 Å². The number of hydrogen-bond donors (Lipinski definition) is 2. The third-order valence-electron chi connectivity index (χ3n) is 2.45. The van der Waals surface area contributed by atoms with Crippen molar-refractivity contribution in [2.24, 2.45) is 5.92 Å². The Balaban J connectivity index is 4.77. The van der Waals surface area contributed by atoms with E-state index in [2.05, 4.69) is 5.32 Å². The normalized spacial score (nSPS) is 15.4. The van der Waals surface area contributed by atoms with E-state index in [9.17, 15) is 18.0 Å². The predicted octanol–water partition coefficient (Wildman–Crippen LogP) is -0.897. The molecule has 1 amide bonds. The molecule has 0 bridgehead atoms. The highest BCUT2D eigenvalue weighted by atomic mass is 32.2. The monoisotopic (exact) mass is 266 g/mol. The zero-order valence-corrected chi connectivity index (χ0v) is 11.1. The molecule has 0 heterocycles. The Morgan fingerprint density at radius 3 is 2.18 bits per heavy atom. The molecule has 0 fully saturated rings. The van der Waals surface area contributed by atoms with Crippen LogP contribution >= 0.6 is 0 Å². The van der Waals surface area contributed by atoms with Crippen molar-refractivity contribution in [2.45, 2.75) is 19.1 Å². The lowest BCUT2D eigenvalue weighted by molar-refractivity contribution is -0.136. The number of carboxylic acid groups (broad SMARTS) is 1. The van der Waals surface area contributed by atoms with Gasteiger partial charge in [-0.05, 0) is 6.92 Å². The first-order valence-corrected chi connectivity index (χ1v) is 6.54. The number of nitrogens with zero attached hydrogens (tertiary/aromatic N) is 1. The molecule has 2 unspecified atom stereocenters. The summed E-state index contributed by atoms with van der Waals surface area (Å²) in [6.07, 6.45) is 0. The zero-order valence-electron chi connectivity index (χ0n) is 10.3. The van der Waals surface area contributed by atoms with E-state index in [4.69, 9.17) is 5.11 Å². The van der Waals surface area contributed by atoms with E-state index >= 15 is 0 Å². The Hall–Kier alpha value is -1.15. The fourth-order valence-corrected chi connectivity index (χ4v) is 2.44. The van der Waals surface area contributed by atoms with E-state index < -0.39 is 27.2 Å². The van der Waals surface area contributed by atoms with Crippen LogP contribution in [-0.4, -0.2) is 55.6 Å². The quantitative estimate of drug-likeness (QED) is 0.648. The van der Waals surface area contributed by atoms with Gasteiger partial charge in [-0.2, -0.15) is 0 Å². The van der Waals surface area contributed by atoms with Gasteiger partial charge in [-0.25, -0.2) is 12.7 Å². The third kappa shape index (κ3) is 3.97. The smallest absolute Gasteiger partial charge is 0.323 e. The van der Waals surface area contributed by atoms with Gasteiger partial charge >= 0.3 is 5.97 Å². The molecule has 2 atom stereocenters. The fourth-order valence-electron chi connectivity index (χ4n) is 1.22. The van der Waals surface area contributed by atoms with Crippen LogP contribution in [0.15, 0.2) is 0 Å². The molecule has 0 aromatic rings. The third-order valence-corrected chi connectivity index (χ3v) is 4.57. The molecule has 0 aromatic carbocycles. The summed E-state index contributed by atoms with van der Waals surface area (Å²) in [6, 6.07) is 0. The lowest BCUT2D eigenvalue weighted by atomic mass is 10.2. The molecular weight excluding hydrogens is 248 g/mol. The van der Waals surface area contributed by atoms with Crippen LogP contribution in [0, 0.1) is 5.92 Å². The number of aliphatic carboxylic acids is 1. The van der Waals surface area contributed by atoms with Crippen LogP contribution < -0.4 is 5.32 Å². The molecule has 0 spiro atoms. The number of nitrogens with one attached hydrogen (secondary N) is 1. The first kappa shape index (κ1) is 15.9. The average molecular weight is 266 g/mol. The summed E-state index contributed by atoms with van der Waals surface area (Å²) in [5.74, 6) is -2.25. The van der Waals surface area contributed by atoms with Crippen LogP contribution in [0.4, 0.5) is 0 Å². The lowest BCUT2D eigenvalue weighted by Crippen LogP contribution is -2.43. The minimum atomic E-state index is -3.92. The van der Waals surface area contributed by atoms with Gasteiger partial charge in [0.05, 0.1) is 0 Å². The number of amides is 1. The predicted molar refractivity (Wildman–Crippen MR) is 61.9 cm³/mol. The summed E-state index contributed by atoms with van der Waals surface area (Å²) in [7, 11) is -1.21. The summed E-state index contributed by atoms with van der Waals surface area (Å²) >= 11 is 0. The molecule has 0 aromatic heterocycles. The summed E-state index contributed by atoms with van der Waals surface area (Å²) in [6.45, 7) is 2.61. The van der Waals surface area contributed by atoms with Gasteiger partial charge in [0.1, 0.15) is 0 Å². The van der Waals surface area contributed by atoms with E-state index in [0.29, 0.717) is 0 Å². The molecule has 0 saturated heterocycles. The number of rotatable bonds is 6. The van der Waals surface area contributed by atoms with Gasteiger partial charge in [0.15, 0.2) is 5.25 Å². The highest BCUT2D eigenvalue weighted by molar-refractivity contribution is 7.90. The van der Waals surface area contributed by atoms with E-state index in [1.807, 2.05) is 0 Å². The summed E-state index contributed by atoms with van der Waals surface area (Å²) < 4.78 is 24.4. The maximum absolute atomic E-state index is 11.7. The van der Waals surface area contributed by atoms with Crippen molar-refractivity contribution < 1.29 is 23.1 Å². The molecule has 0 aliphatic heterocycles. The first-order chi connectivity index (χ1) is 7.64. The largest absolute Gasteiger partial charge is 0.480 e. The van der Waals surface area contributed by atoms with Gasteiger partial charge < -0.3 is 10.4 Å². The molecule has 100 valence electrons. The first-order valence-electron chi connectivity index (χ1n) is 5.04. The molecule has 7 nitrogen and oxygen atoms in total. The Labute approximate surface area is 101 Å². The molecule has 0 radical (unpaired) electrons. The van der Waals surface area contributed by atoms with Crippen molar-refractivity contribution in [3.63, 3.8) is 0 Å². The number of sulfonamides is 1. The molecule has 17 heavy (non-hydrogen) atoms. The van der Waals surface area contributed by atoms with E-state index in [0.717, 1.165) is 11.2 Å². The second-order valence-electron chi connectivity index (χ2n) is 3.82. The maximum atomic E-state index is 11.7. The SMILES string of the molecule is CNC(=O)C(C)CN(C)S(=O)(=O)C(C)C(=O)O. The van der Waals surface area contributed by atoms with Crippen LogP contribution in [0.2, 0.25) is 0 Å². The second kappa shape index (κ2) is 5.97. The summed E-state index contributed by atoms with van der Waals surface area (Å²) in [5.41, 5.74) is 0. The Bertz CT molecular complexity index is 392. The minimum Gasteiger partial charge on any atom is -0.480 e. The highest BCUT2D eigenvalue weighted by Crippen LogP contribution is 2.10. The Morgan fingerprint density at radius 1 is 1.35 bits per heavy atom. The van der Waals surface area contributed by atoms with Gasteiger partial charge in [0.2, 0.25) is 15.9 Å². The van der Waals surface area contributed by atoms with Crippen LogP contribution in [0.5, 0.6) is 0 Å². The van der Waals surface area contributed by atoms with Crippen LogP contribution in [0.25, 0.3) is 0 Å². The second-order valence-corrected chi connectivity index (χ2v) is 6.18. The molecule has 2 N–H and O–H groups in total. The van der Waals surface area contributed by atoms with E-state index in [1.165, 1.54) is 14.1 Å². The van der Waals surface area contributed by atoms with Crippen molar-refractivity contribution in [2.75, 3.05) is 20.6 Å². The molecule has 0 saturated carbocycles. The molecule has 0 aliphatic carbocycles. The Morgan fingerprint density at radius 2 is 1.82 bits per heavy atom. The number of carbonyl (C=O) groups is 2. The molecular formula is C9H18N2O5S. The summed E-state index contributed by atoms with van der Waals surface area (Å²) in [5, 5.41) is 9.54. The van der Waals surface area contributed by atoms with Crippen molar-refractivity contribution in [1.29, 1.82) is 0 Å². The van der Waals surface area contributed by atoms with Crippen LogP contribution in [0.3, 0.4) is 0 Å². The number of carboxylic acids is 1. The molecule has 0 rings (SSSR count). The fraction of sp³-hybridized carbons (Fsp3) is 0.778. The maximum Gasteiger partial charge on any atom is 0.323 e. The van der Waals surface area contributed by atoms with Gasteiger partial charge in [-0.3, -0.25) is 9.59 Å². The van der Waals surface area contributed by atoms with Crippen molar-refractivity contribution in [1.82, 2.24) is 9.62 Å². The summed E-state index contributed by atoms with van der Waals surface area (Å²) in [4.78, 5) is 21.9. The lowest BCUT2D eigenvalue weighted by Gasteiger charge is -2.22. The standard InChI is InChI=1S/C9H18N2O5S/c1-6(8(12)10-3)5-11(4)17(15,16)7(2)9(13)14/h6-7H,5H2,1-4H3,(H,10,12)(H,13,14). The van der Waals surface area contributed by atoms with Crippen molar-refractivity contribution in [3.05, 3.63) is 0 Å². The van der Waals surface area contributed by atoms with Gasteiger partial charge in [0.25, 0.3) is 0 Å². The number of hydrogen-bond acceptors (Lipinski definition) is 4. The minimum absolute atomic E-state index is 0.0559. The van der Waals surface area contributed by atoms with Crippen molar-refractivity contribution in [3.8, 4) is 0 Å². The van der Waals surface area contributed by atoms with Gasteiger partial charge in [-0.1, -0.05) is 6.92 Å². The Kier molecular flexibility index (Phi) is 5.56. The highest BCUT2D eigenvalue weighted by Gasteiger charge is 2.32. The topological polar surface area (TPSA) is 104 Å². The van der Waals surface area contributed by atoms with Gasteiger partial charge in [0, 0.05) is 26.6 Å². The van der Waals surface area contributed by atoms with Crippen LogP contribution in [-0.2, 0) is 19.6 Å². The zero-order chi connectivity index (χ0) is 13.8. The van der Waals surface area contributed by atoms with Crippen molar-refractivity contribution >= 4 is 21.9 Å². The van der Waals surface area contributed by atoms with E-state index in [-0.39, 0.29) is 12.5 Å². The van der Waals surface area contributed by atoms with Crippen LogP contribution in [0.1, 0.15) is 13.8 Å². The molecule has 0 aliphatic rings. The van der Waals surface area contributed by atoms with Gasteiger partial charge in [-0.15, -0.1) is 0 Å². The number of carbonyl (C=O) groups excluding carboxylic acids is 1.